The zero-order valence-corrected chi connectivity index (χ0v) is 9.21. The maximum atomic E-state index is 5.66. The minimum atomic E-state index is 0.463. The van der Waals surface area contributed by atoms with Gasteiger partial charge >= 0.3 is 0 Å². The Balaban J connectivity index is 1.82. The van der Waals surface area contributed by atoms with Gasteiger partial charge < -0.3 is 4.74 Å². The molecule has 3 aromatic rings. The second kappa shape index (κ2) is 4.29. The Labute approximate surface area is 99.3 Å². The maximum absolute atomic E-state index is 5.66. The highest BCUT2D eigenvalue weighted by atomic mass is 16.5. The van der Waals surface area contributed by atoms with Crippen molar-refractivity contribution in [2.45, 2.75) is 6.73 Å². The molecular formula is C14H11N2O. The highest BCUT2D eigenvalue weighted by Crippen LogP contribution is 2.13. The molecule has 2 aromatic carbocycles. The number of rotatable bonds is 3. The lowest BCUT2D eigenvalue weighted by molar-refractivity contribution is 0.241. The number of fused-ring (bicyclic) bond motifs is 1. The second-order valence-electron chi connectivity index (χ2n) is 3.71. The molecule has 0 bridgehead atoms. The first-order valence-electron chi connectivity index (χ1n) is 5.42. The smallest absolute Gasteiger partial charge is 0.166 e. The standard InChI is InChI=1S/C14H11N2O/c1-2-6-12(7-3-1)17-11-16-10-15-13-8-4-5-9-14(13)16/h2-10H,11H2. The largest absolute Gasteiger partial charge is 0.473 e. The molecule has 0 N–H and O–H groups in total. The van der Waals surface area contributed by atoms with Crippen molar-refractivity contribution in [2.75, 3.05) is 0 Å². The van der Waals surface area contributed by atoms with Crippen molar-refractivity contribution in [3.63, 3.8) is 0 Å². The summed E-state index contributed by atoms with van der Waals surface area (Å²) in [6, 6.07) is 18.4. The van der Waals surface area contributed by atoms with E-state index in [-0.39, 0.29) is 0 Å². The van der Waals surface area contributed by atoms with E-state index in [1.807, 2.05) is 53.1 Å². The fraction of sp³-hybridized carbons (Fsp3) is 0.0714. The van der Waals surface area contributed by atoms with Crippen LogP contribution in [0.4, 0.5) is 0 Å². The number of nitrogens with zero attached hydrogens (tertiary/aromatic N) is 2. The molecule has 83 valence electrons. The van der Waals surface area contributed by atoms with E-state index in [1.54, 1.807) is 6.33 Å². The first-order chi connectivity index (χ1) is 8.43. The summed E-state index contributed by atoms with van der Waals surface area (Å²) in [5, 5.41) is 0. The highest BCUT2D eigenvalue weighted by molar-refractivity contribution is 5.74. The Morgan fingerprint density at radius 3 is 2.82 bits per heavy atom. The van der Waals surface area contributed by atoms with Gasteiger partial charge in [-0.25, -0.2) is 4.98 Å². The van der Waals surface area contributed by atoms with Gasteiger partial charge in [-0.15, -0.1) is 0 Å². The number of ether oxygens (including phenoxy) is 1. The zero-order chi connectivity index (χ0) is 11.5. The average molecular weight is 223 g/mol. The van der Waals surface area contributed by atoms with Crippen LogP contribution < -0.4 is 4.74 Å². The predicted molar refractivity (Wildman–Crippen MR) is 65.6 cm³/mol. The lowest BCUT2D eigenvalue weighted by Crippen LogP contribution is -2.03. The second-order valence-corrected chi connectivity index (χ2v) is 3.71. The van der Waals surface area contributed by atoms with E-state index >= 15 is 0 Å². The Morgan fingerprint density at radius 2 is 1.94 bits per heavy atom. The number of hydrogen-bond donors (Lipinski definition) is 0. The van der Waals surface area contributed by atoms with Crippen molar-refractivity contribution >= 4 is 11.0 Å². The van der Waals surface area contributed by atoms with E-state index in [4.69, 9.17) is 4.74 Å². The Morgan fingerprint density at radius 1 is 1.12 bits per heavy atom. The van der Waals surface area contributed by atoms with Crippen LogP contribution in [0, 0.1) is 6.07 Å². The third kappa shape index (κ3) is 1.99. The van der Waals surface area contributed by atoms with E-state index in [2.05, 4.69) is 11.1 Å². The molecule has 1 heterocycles. The molecular weight excluding hydrogens is 212 g/mol. The molecule has 0 unspecified atom stereocenters. The van der Waals surface area contributed by atoms with Gasteiger partial charge in [-0.3, -0.25) is 4.57 Å². The molecule has 0 amide bonds. The van der Waals surface area contributed by atoms with Crippen LogP contribution in [-0.4, -0.2) is 9.55 Å². The monoisotopic (exact) mass is 223 g/mol. The zero-order valence-electron chi connectivity index (χ0n) is 9.21. The van der Waals surface area contributed by atoms with Gasteiger partial charge in [0.25, 0.3) is 0 Å². The fourth-order valence-corrected chi connectivity index (χ4v) is 1.73. The topological polar surface area (TPSA) is 27.1 Å². The molecule has 0 fully saturated rings. The van der Waals surface area contributed by atoms with E-state index in [1.165, 1.54) is 0 Å². The molecule has 17 heavy (non-hydrogen) atoms. The van der Waals surface area contributed by atoms with Crippen molar-refractivity contribution in [3.05, 3.63) is 60.9 Å². The van der Waals surface area contributed by atoms with Gasteiger partial charge in [0, 0.05) is 0 Å². The summed E-state index contributed by atoms with van der Waals surface area (Å²) in [5.74, 6) is 0.835. The van der Waals surface area contributed by atoms with Crippen LogP contribution in [0.5, 0.6) is 5.75 Å². The van der Waals surface area contributed by atoms with Crippen LogP contribution in [0.25, 0.3) is 11.0 Å². The molecule has 0 atom stereocenters. The van der Waals surface area contributed by atoms with Crippen LogP contribution in [0.15, 0.2) is 54.9 Å². The SMILES string of the molecule is [c]1ccc(OCn2cnc3ccccc32)cc1. The minimum Gasteiger partial charge on any atom is -0.473 e. The van der Waals surface area contributed by atoms with Gasteiger partial charge in [-0.05, 0) is 30.3 Å². The third-order valence-corrected chi connectivity index (χ3v) is 2.59. The van der Waals surface area contributed by atoms with Crippen molar-refractivity contribution in [1.82, 2.24) is 9.55 Å². The first kappa shape index (κ1) is 9.90. The maximum Gasteiger partial charge on any atom is 0.166 e. The molecule has 0 spiro atoms. The first-order valence-corrected chi connectivity index (χ1v) is 5.42. The van der Waals surface area contributed by atoms with Gasteiger partial charge in [0.15, 0.2) is 6.73 Å². The van der Waals surface area contributed by atoms with Crippen LogP contribution in [0.2, 0.25) is 0 Å². The van der Waals surface area contributed by atoms with Gasteiger partial charge in [-0.1, -0.05) is 24.3 Å². The summed E-state index contributed by atoms with van der Waals surface area (Å²) in [6.45, 7) is 0.463. The summed E-state index contributed by atoms with van der Waals surface area (Å²) >= 11 is 0. The molecule has 1 aromatic heterocycles. The van der Waals surface area contributed by atoms with Crippen LogP contribution >= 0.6 is 0 Å². The van der Waals surface area contributed by atoms with Crippen LogP contribution in [0.1, 0.15) is 0 Å². The predicted octanol–water partition coefficient (Wildman–Crippen LogP) is 2.87. The summed E-state index contributed by atoms with van der Waals surface area (Å²) in [6.07, 6.45) is 1.79. The Bertz CT molecular complexity index is 616. The summed E-state index contributed by atoms with van der Waals surface area (Å²) in [5.41, 5.74) is 2.06. The van der Waals surface area contributed by atoms with E-state index in [0.717, 1.165) is 16.8 Å². The summed E-state index contributed by atoms with van der Waals surface area (Å²) in [4.78, 5) is 4.31. The Kier molecular flexibility index (Phi) is 2.50. The van der Waals surface area contributed by atoms with Gasteiger partial charge in [0.2, 0.25) is 0 Å². The van der Waals surface area contributed by atoms with Crippen molar-refractivity contribution < 1.29 is 4.74 Å². The molecule has 1 radical (unpaired) electrons. The third-order valence-electron chi connectivity index (χ3n) is 2.59. The van der Waals surface area contributed by atoms with E-state index < -0.39 is 0 Å². The highest BCUT2D eigenvalue weighted by Gasteiger charge is 2.01. The van der Waals surface area contributed by atoms with Crippen LogP contribution in [0.3, 0.4) is 0 Å². The fourth-order valence-electron chi connectivity index (χ4n) is 1.73. The lowest BCUT2D eigenvalue weighted by atomic mass is 10.3. The van der Waals surface area contributed by atoms with E-state index in [9.17, 15) is 0 Å². The van der Waals surface area contributed by atoms with Gasteiger partial charge in [0.1, 0.15) is 5.75 Å². The van der Waals surface area contributed by atoms with E-state index in [0.29, 0.717) is 6.73 Å². The molecule has 0 aliphatic rings. The summed E-state index contributed by atoms with van der Waals surface area (Å²) < 4.78 is 7.64. The summed E-state index contributed by atoms with van der Waals surface area (Å²) in [7, 11) is 0. The quantitative estimate of drug-likeness (QED) is 0.682. The Hall–Kier alpha value is -2.29. The van der Waals surface area contributed by atoms with Gasteiger partial charge in [-0.2, -0.15) is 0 Å². The normalized spacial score (nSPS) is 10.6. The van der Waals surface area contributed by atoms with Crippen molar-refractivity contribution in [1.29, 1.82) is 0 Å². The number of aromatic nitrogens is 2. The molecule has 0 saturated heterocycles. The molecule has 0 saturated carbocycles. The lowest BCUT2D eigenvalue weighted by Gasteiger charge is -2.07. The van der Waals surface area contributed by atoms with Crippen LogP contribution in [-0.2, 0) is 6.73 Å². The molecule has 0 aliphatic heterocycles. The van der Waals surface area contributed by atoms with Gasteiger partial charge in [0.05, 0.1) is 17.4 Å². The van der Waals surface area contributed by atoms with Crippen molar-refractivity contribution in [2.24, 2.45) is 0 Å². The number of hydrogen-bond acceptors (Lipinski definition) is 2. The number of benzene rings is 2. The number of imidazole rings is 1. The minimum absolute atomic E-state index is 0.463. The molecule has 3 nitrogen and oxygen atoms in total. The van der Waals surface area contributed by atoms with Crippen molar-refractivity contribution in [3.8, 4) is 5.75 Å². The molecule has 3 heteroatoms. The molecule has 3 rings (SSSR count). The average Bonchev–Trinajstić information content (AvgIpc) is 2.81. The number of para-hydroxylation sites is 2. The molecule has 0 aliphatic carbocycles.